The van der Waals surface area contributed by atoms with Gasteiger partial charge in [0.25, 0.3) is 0 Å². The number of hydrogen-bond acceptors (Lipinski definition) is 4. The molecule has 0 radical (unpaired) electrons. The van der Waals surface area contributed by atoms with Crippen LogP contribution in [0, 0.1) is 0 Å². The van der Waals surface area contributed by atoms with E-state index >= 15 is 0 Å². The molecule has 0 aliphatic heterocycles. The van der Waals surface area contributed by atoms with Crippen molar-refractivity contribution in [1.29, 1.82) is 0 Å². The molecule has 132 valence electrons. The molecule has 3 aromatic carbocycles. The Hall–Kier alpha value is -2.72. The Morgan fingerprint density at radius 2 is 1.46 bits per heavy atom. The van der Waals surface area contributed by atoms with Crippen LogP contribution < -0.4 is 4.74 Å². The molecular formula is C22H20O3S. The van der Waals surface area contributed by atoms with Crippen molar-refractivity contribution in [2.75, 3.05) is 13.4 Å². The first-order valence-electron chi connectivity index (χ1n) is 8.26. The Morgan fingerprint density at radius 1 is 0.885 bits per heavy atom. The first kappa shape index (κ1) is 18.1. The highest BCUT2D eigenvalue weighted by Crippen LogP contribution is 2.30. The molecule has 0 bridgehead atoms. The Balaban J connectivity index is 1.94. The predicted molar refractivity (Wildman–Crippen MR) is 105 cm³/mol. The molecule has 3 nitrogen and oxygen atoms in total. The van der Waals surface area contributed by atoms with Gasteiger partial charge in [0.15, 0.2) is 6.10 Å². The van der Waals surface area contributed by atoms with Gasteiger partial charge in [-0.05, 0) is 35.6 Å². The highest BCUT2D eigenvalue weighted by atomic mass is 32.2. The van der Waals surface area contributed by atoms with E-state index in [1.807, 2.05) is 79.1 Å². The molecule has 0 spiro atoms. The summed E-state index contributed by atoms with van der Waals surface area (Å²) < 4.78 is 11.3. The summed E-state index contributed by atoms with van der Waals surface area (Å²) in [5.41, 5.74) is 2.26. The van der Waals surface area contributed by atoms with Gasteiger partial charge in [0.05, 0.1) is 7.11 Å². The van der Waals surface area contributed by atoms with Gasteiger partial charge in [-0.3, -0.25) is 0 Å². The maximum absolute atomic E-state index is 12.9. The third kappa shape index (κ3) is 4.09. The van der Waals surface area contributed by atoms with Gasteiger partial charge in [0.1, 0.15) is 11.3 Å². The van der Waals surface area contributed by atoms with Crippen LogP contribution in [0.2, 0.25) is 0 Å². The molecule has 0 saturated heterocycles. The summed E-state index contributed by atoms with van der Waals surface area (Å²) in [6, 6.07) is 25.0. The highest BCUT2D eigenvalue weighted by Gasteiger charge is 2.22. The quantitative estimate of drug-likeness (QED) is 0.435. The molecule has 26 heavy (non-hydrogen) atoms. The average Bonchev–Trinajstić information content (AvgIpc) is 2.72. The van der Waals surface area contributed by atoms with Crippen molar-refractivity contribution < 1.29 is 14.3 Å². The van der Waals surface area contributed by atoms with Crippen molar-refractivity contribution in [3.8, 4) is 5.75 Å². The van der Waals surface area contributed by atoms with Gasteiger partial charge in [0, 0.05) is 4.90 Å². The molecule has 0 atom stereocenters. The minimum Gasteiger partial charge on any atom is -0.496 e. The second-order valence-electron chi connectivity index (χ2n) is 5.67. The largest absolute Gasteiger partial charge is 0.496 e. The molecule has 4 heteroatoms. The van der Waals surface area contributed by atoms with Crippen molar-refractivity contribution in [1.82, 2.24) is 0 Å². The minimum atomic E-state index is -0.477. The fourth-order valence-corrected chi connectivity index (χ4v) is 3.15. The van der Waals surface area contributed by atoms with Gasteiger partial charge in [-0.2, -0.15) is 0 Å². The lowest BCUT2D eigenvalue weighted by atomic mass is 10.0. The fourth-order valence-electron chi connectivity index (χ4n) is 2.72. The zero-order valence-corrected chi connectivity index (χ0v) is 15.5. The van der Waals surface area contributed by atoms with E-state index in [0.717, 1.165) is 16.0 Å². The highest BCUT2D eigenvalue weighted by molar-refractivity contribution is 7.98. The number of methoxy groups -OCH3 is 1. The summed E-state index contributed by atoms with van der Waals surface area (Å²) in [6.45, 7) is 0. The van der Waals surface area contributed by atoms with Crippen molar-refractivity contribution in [3.63, 3.8) is 0 Å². The van der Waals surface area contributed by atoms with Gasteiger partial charge in [-0.25, -0.2) is 4.79 Å². The summed E-state index contributed by atoms with van der Waals surface area (Å²) in [5.74, 6) is 0.105. The predicted octanol–water partition coefficient (Wildman–Crippen LogP) is 5.36. The lowest BCUT2D eigenvalue weighted by Crippen LogP contribution is -2.14. The first-order chi connectivity index (χ1) is 12.7. The van der Waals surface area contributed by atoms with Crippen LogP contribution in [0.3, 0.4) is 0 Å². The number of hydrogen-bond donors (Lipinski definition) is 0. The number of rotatable bonds is 6. The molecule has 3 rings (SSSR count). The van der Waals surface area contributed by atoms with Crippen molar-refractivity contribution in [2.24, 2.45) is 0 Å². The SMILES string of the molecule is COc1cc(SC)ccc1C(=O)OC(c1ccccc1)c1ccccc1. The Labute approximate surface area is 158 Å². The normalized spacial score (nSPS) is 10.6. The van der Waals surface area contributed by atoms with Gasteiger partial charge < -0.3 is 9.47 Å². The molecule has 0 heterocycles. The van der Waals surface area contributed by atoms with E-state index in [2.05, 4.69) is 0 Å². The molecule has 3 aromatic rings. The van der Waals surface area contributed by atoms with Crippen LogP contribution in [0.1, 0.15) is 27.6 Å². The average molecular weight is 364 g/mol. The van der Waals surface area contributed by atoms with E-state index in [0.29, 0.717) is 11.3 Å². The van der Waals surface area contributed by atoms with Crippen LogP contribution in [0.5, 0.6) is 5.75 Å². The summed E-state index contributed by atoms with van der Waals surface area (Å²) >= 11 is 1.59. The third-order valence-electron chi connectivity index (χ3n) is 4.06. The zero-order chi connectivity index (χ0) is 18.4. The first-order valence-corrected chi connectivity index (χ1v) is 9.48. The number of ether oxygens (including phenoxy) is 2. The van der Waals surface area contributed by atoms with Crippen LogP contribution >= 0.6 is 11.8 Å². The topological polar surface area (TPSA) is 35.5 Å². The second-order valence-corrected chi connectivity index (χ2v) is 6.55. The summed E-state index contributed by atoms with van der Waals surface area (Å²) in [7, 11) is 1.56. The molecule has 0 amide bonds. The minimum absolute atomic E-state index is 0.410. The van der Waals surface area contributed by atoms with Crippen molar-refractivity contribution in [2.45, 2.75) is 11.0 Å². The summed E-state index contributed by atoms with van der Waals surface area (Å²) in [5, 5.41) is 0. The fraction of sp³-hybridized carbons (Fsp3) is 0.136. The van der Waals surface area contributed by atoms with Crippen molar-refractivity contribution >= 4 is 17.7 Å². The van der Waals surface area contributed by atoms with Crippen LogP contribution in [0.25, 0.3) is 0 Å². The van der Waals surface area contributed by atoms with Crippen molar-refractivity contribution in [3.05, 3.63) is 95.6 Å². The molecular weight excluding hydrogens is 344 g/mol. The summed E-state index contributed by atoms with van der Waals surface area (Å²) in [4.78, 5) is 13.9. The van der Waals surface area contributed by atoms with E-state index < -0.39 is 12.1 Å². The number of benzene rings is 3. The van der Waals surface area contributed by atoms with Gasteiger partial charge >= 0.3 is 5.97 Å². The van der Waals surface area contributed by atoms with E-state index in [9.17, 15) is 4.79 Å². The van der Waals surface area contributed by atoms with Crippen LogP contribution in [0.15, 0.2) is 83.8 Å². The monoisotopic (exact) mass is 364 g/mol. The molecule has 0 aliphatic carbocycles. The molecule has 0 aromatic heterocycles. The van der Waals surface area contributed by atoms with Crippen LogP contribution in [-0.4, -0.2) is 19.3 Å². The molecule has 0 unspecified atom stereocenters. The van der Waals surface area contributed by atoms with E-state index in [1.54, 1.807) is 24.9 Å². The molecule has 0 N–H and O–H groups in total. The number of carbonyl (C=O) groups is 1. The zero-order valence-electron chi connectivity index (χ0n) is 14.7. The Bertz CT molecular complexity index is 824. The number of carbonyl (C=O) groups excluding carboxylic acids is 1. The smallest absolute Gasteiger partial charge is 0.342 e. The summed E-state index contributed by atoms with van der Waals surface area (Å²) in [6.07, 6.45) is 1.50. The maximum Gasteiger partial charge on any atom is 0.342 e. The molecule has 0 aliphatic rings. The third-order valence-corrected chi connectivity index (χ3v) is 4.78. The van der Waals surface area contributed by atoms with Gasteiger partial charge in [-0.15, -0.1) is 11.8 Å². The standard InChI is InChI=1S/C22H20O3S/c1-24-20-15-18(26-2)13-14-19(20)22(23)25-21(16-9-5-3-6-10-16)17-11-7-4-8-12-17/h3-15,21H,1-2H3. The van der Waals surface area contributed by atoms with Gasteiger partial charge in [0.2, 0.25) is 0 Å². The van der Waals surface area contributed by atoms with Gasteiger partial charge in [-0.1, -0.05) is 60.7 Å². The second kappa shape index (κ2) is 8.59. The lowest BCUT2D eigenvalue weighted by Gasteiger charge is -2.20. The van der Waals surface area contributed by atoms with E-state index in [-0.39, 0.29) is 0 Å². The van der Waals surface area contributed by atoms with Crippen LogP contribution in [-0.2, 0) is 4.74 Å². The molecule has 0 fully saturated rings. The Kier molecular flexibility index (Phi) is 5.97. The number of esters is 1. The van der Waals surface area contributed by atoms with E-state index in [4.69, 9.17) is 9.47 Å². The van der Waals surface area contributed by atoms with Crippen LogP contribution in [0.4, 0.5) is 0 Å². The Morgan fingerprint density at radius 3 is 1.96 bits per heavy atom. The lowest BCUT2D eigenvalue weighted by molar-refractivity contribution is 0.0374. The number of thioether (sulfide) groups is 1. The molecule has 0 saturated carbocycles. The maximum atomic E-state index is 12.9. The van der Waals surface area contributed by atoms with E-state index in [1.165, 1.54) is 0 Å².